The van der Waals surface area contributed by atoms with Crippen LogP contribution in [-0.4, -0.2) is 41.7 Å². The van der Waals surface area contributed by atoms with Crippen LogP contribution < -0.4 is 10.2 Å². The maximum Gasteiger partial charge on any atom is 0.303 e. The molecule has 178 valence electrons. The highest BCUT2D eigenvalue weighted by atomic mass is 32.2. The lowest BCUT2D eigenvalue weighted by atomic mass is 9.57. The van der Waals surface area contributed by atoms with Gasteiger partial charge < -0.3 is 9.84 Å². The number of allylic oxidation sites excluding steroid dienone is 1. The molecule has 2 atom stereocenters. The molecule has 1 heterocycles. The summed E-state index contributed by atoms with van der Waals surface area (Å²) in [6.07, 6.45) is 4.51. The lowest BCUT2D eigenvalue weighted by Gasteiger charge is -2.50. The van der Waals surface area contributed by atoms with Gasteiger partial charge in [-0.25, -0.2) is 13.9 Å². The highest BCUT2D eigenvalue weighted by Crippen LogP contribution is 2.56. The van der Waals surface area contributed by atoms with Gasteiger partial charge in [0.05, 0.1) is 16.7 Å². The van der Waals surface area contributed by atoms with Crippen molar-refractivity contribution in [1.82, 2.24) is 5.48 Å². The number of nitrogens with zero attached hydrogens (tertiary/aromatic N) is 1. The van der Waals surface area contributed by atoms with Crippen LogP contribution in [0.3, 0.4) is 0 Å². The van der Waals surface area contributed by atoms with Gasteiger partial charge in [0.25, 0.3) is 0 Å². The predicted octanol–water partition coefficient (Wildman–Crippen LogP) is 3.36. The van der Waals surface area contributed by atoms with E-state index in [2.05, 4.69) is 4.99 Å². The monoisotopic (exact) mass is 484 g/mol. The summed E-state index contributed by atoms with van der Waals surface area (Å²) in [5, 5.41) is 19.0. The van der Waals surface area contributed by atoms with Gasteiger partial charge in [0.2, 0.25) is 15.7 Å². The van der Waals surface area contributed by atoms with Crippen molar-refractivity contribution < 1.29 is 33.1 Å². The zero-order chi connectivity index (χ0) is 24.4. The van der Waals surface area contributed by atoms with Crippen molar-refractivity contribution in [2.45, 2.75) is 35.4 Å². The molecule has 1 saturated carbocycles. The topological polar surface area (TPSA) is 142 Å². The number of carboxylic acids is 1. The molecule has 0 aromatic heterocycles. The number of carboxylic acid groups (broad SMARTS) is 1. The Morgan fingerprint density at radius 3 is 2.21 bits per heavy atom. The minimum Gasteiger partial charge on any atom is -0.481 e. The Hall–Kier alpha value is -3.50. The van der Waals surface area contributed by atoms with Gasteiger partial charge in [-0.1, -0.05) is 24.6 Å². The Balaban J connectivity index is 1.75. The number of carbonyl (C=O) groups is 2. The molecule has 1 aliphatic carbocycles. The Labute approximate surface area is 196 Å². The second kappa shape index (κ2) is 9.03. The van der Waals surface area contributed by atoms with E-state index in [1.807, 2.05) is 18.2 Å². The van der Waals surface area contributed by atoms with Crippen LogP contribution in [0.25, 0.3) is 0 Å². The van der Waals surface area contributed by atoms with E-state index in [1.54, 1.807) is 17.6 Å². The van der Waals surface area contributed by atoms with Crippen molar-refractivity contribution in [3.05, 3.63) is 66.7 Å². The number of carbonyl (C=O) groups excluding carboxylic acids is 1. The number of hydroxylamine groups is 1. The third-order valence-electron chi connectivity index (χ3n) is 6.59. The largest absolute Gasteiger partial charge is 0.481 e. The third kappa shape index (κ3) is 3.88. The van der Waals surface area contributed by atoms with Crippen LogP contribution in [0.15, 0.2) is 76.6 Å². The van der Waals surface area contributed by atoms with Gasteiger partial charge in [-0.05, 0) is 61.4 Å². The van der Waals surface area contributed by atoms with Crippen LogP contribution in [0.4, 0.5) is 0 Å². The molecule has 34 heavy (non-hydrogen) atoms. The number of rotatable bonds is 9. The number of aliphatic carboxylic acids is 1. The molecule has 2 unspecified atom stereocenters. The van der Waals surface area contributed by atoms with Gasteiger partial charge in [0.15, 0.2) is 4.87 Å². The molecular weight excluding hydrogens is 460 g/mol. The highest BCUT2D eigenvalue weighted by molar-refractivity contribution is 7.93. The molecule has 1 fully saturated rings. The molecule has 10 heteroatoms. The van der Waals surface area contributed by atoms with Gasteiger partial charge in [-0.15, -0.1) is 0 Å². The minimum atomic E-state index is -4.30. The van der Waals surface area contributed by atoms with E-state index in [9.17, 15) is 28.3 Å². The SMILES string of the molecule is O=C(O)CC(C1(C(=O)NO)CCC1)C1(S(=O)(=O)c2ccc(Oc3ccccc3)cc2)C=CC=N1. The van der Waals surface area contributed by atoms with Crippen molar-refractivity contribution in [2.75, 3.05) is 0 Å². The molecule has 2 aromatic rings. The minimum absolute atomic E-state index is 0.0918. The number of para-hydroxylation sites is 1. The molecule has 0 spiro atoms. The molecule has 0 saturated heterocycles. The quantitative estimate of drug-likeness (QED) is 0.366. The summed E-state index contributed by atoms with van der Waals surface area (Å²) in [6.45, 7) is 0. The first-order valence-corrected chi connectivity index (χ1v) is 12.2. The van der Waals surface area contributed by atoms with E-state index in [1.165, 1.54) is 42.6 Å². The highest BCUT2D eigenvalue weighted by Gasteiger charge is 2.63. The molecular formula is C24H24N2O7S. The maximum atomic E-state index is 14.0. The molecule has 1 aliphatic heterocycles. The fourth-order valence-corrected chi connectivity index (χ4v) is 6.76. The summed E-state index contributed by atoms with van der Waals surface area (Å²) in [5.41, 5.74) is 0.218. The Morgan fingerprint density at radius 1 is 1.06 bits per heavy atom. The van der Waals surface area contributed by atoms with Crippen LogP contribution in [0, 0.1) is 11.3 Å². The van der Waals surface area contributed by atoms with E-state index in [0.29, 0.717) is 17.9 Å². The summed E-state index contributed by atoms with van der Waals surface area (Å²) >= 11 is 0. The lowest BCUT2D eigenvalue weighted by molar-refractivity contribution is -0.154. The van der Waals surface area contributed by atoms with Gasteiger partial charge in [0.1, 0.15) is 11.5 Å². The first-order chi connectivity index (χ1) is 16.2. The van der Waals surface area contributed by atoms with Crippen molar-refractivity contribution >= 4 is 27.9 Å². The number of aliphatic imine (C=N–C) groups is 1. The molecule has 9 nitrogen and oxygen atoms in total. The van der Waals surface area contributed by atoms with E-state index >= 15 is 0 Å². The first kappa shape index (κ1) is 23.7. The molecule has 2 aliphatic rings. The zero-order valence-corrected chi connectivity index (χ0v) is 18.9. The average Bonchev–Trinajstić information content (AvgIpc) is 3.30. The molecule has 4 rings (SSSR count). The second-order valence-electron chi connectivity index (χ2n) is 8.38. The normalized spacial score (nSPS) is 21.4. The molecule has 2 aromatic carbocycles. The average molecular weight is 485 g/mol. The first-order valence-electron chi connectivity index (χ1n) is 10.7. The van der Waals surface area contributed by atoms with E-state index < -0.39 is 44.3 Å². The number of amides is 1. The van der Waals surface area contributed by atoms with Crippen LogP contribution in [-0.2, 0) is 19.4 Å². The number of benzene rings is 2. The Bertz CT molecular complexity index is 1220. The fourth-order valence-electron chi connectivity index (χ4n) is 4.75. The van der Waals surface area contributed by atoms with Crippen molar-refractivity contribution in [3.8, 4) is 11.5 Å². The predicted molar refractivity (Wildman–Crippen MR) is 122 cm³/mol. The number of nitrogens with one attached hydrogen (secondary N) is 1. The van der Waals surface area contributed by atoms with E-state index in [0.717, 1.165) is 0 Å². The van der Waals surface area contributed by atoms with Gasteiger partial charge >= 0.3 is 5.97 Å². The van der Waals surface area contributed by atoms with E-state index in [-0.39, 0.29) is 17.7 Å². The maximum absolute atomic E-state index is 14.0. The zero-order valence-electron chi connectivity index (χ0n) is 18.1. The van der Waals surface area contributed by atoms with Crippen molar-refractivity contribution in [2.24, 2.45) is 16.3 Å². The third-order valence-corrected chi connectivity index (χ3v) is 8.87. The summed E-state index contributed by atoms with van der Waals surface area (Å²) < 4.78 is 33.6. The fraction of sp³-hybridized carbons (Fsp3) is 0.292. The number of hydrogen-bond donors (Lipinski definition) is 3. The molecule has 1 amide bonds. The summed E-state index contributed by atoms with van der Waals surface area (Å²) in [5.74, 6) is -2.30. The lowest BCUT2D eigenvalue weighted by Crippen LogP contribution is -2.58. The summed E-state index contributed by atoms with van der Waals surface area (Å²) in [6, 6.07) is 14.7. The standard InChI is InChI=1S/C24H24N2O7S/c27-21(28)16-20(23(12-4-13-23)22(29)26-30)24(14-5-15-25-24)34(31,32)19-10-8-18(9-11-19)33-17-6-2-1-3-7-17/h1-3,5-11,14-15,20,30H,4,12-13,16H2,(H,26,29)(H,27,28). The van der Waals surface area contributed by atoms with Crippen LogP contribution in [0.1, 0.15) is 25.7 Å². The van der Waals surface area contributed by atoms with E-state index in [4.69, 9.17) is 4.74 Å². The van der Waals surface area contributed by atoms with Crippen molar-refractivity contribution in [3.63, 3.8) is 0 Å². The van der Waals surface area contributed by atoms with Crippen LogP contribution in [0.2, 0.25) is 0 Å². The van der Waals surface area contributed by atoms with Crippen LogP contribution >= 0.6 is 0 Å². The second-order valence-corrected chi connectivity index (χ2v) is 10.5. The van der Waals surface area contributed by atoms with Gasteiger partial charge in [0, 0.05) is 12.1 Å². The Morgan fingerprint density at radius 2 is 1.71 bits per heavy atom. The molecule has 0 radical (unpaired) electrons. The summed E-state index contributed by atoms with van der Waals surface area (Å²) in [4.78, 5) is 26.6. The van der Waals surface area contributed by atoms with Gasteiger partial charge in [-0.2, -0.15) is 0 Å². The number of sulfone groups is 1. The smallest absolute Gasteiger partial charge is 0.303 e. The Kier molecular flexibility index (Phi) is 6.28. The van der Waals surface area contributed by atoms with Gasteiger partial charge in [-0.3, -0.25) is 19.8 Å². The number of ether oxygens (including phenoxy) is 1. The van der Waals surface area contributed by atoms with Crippen molar-refractivity contribution in [1.29, 1.82) is 0 Å². The summed E-state index contributed by atoms with van der Waals surface area (Å²) in [7, 11) is -4.30. The molecule has 0 bridgehead atoms. The number of hydrogen-bond acceptors (Lipinski definition) is 7. The van der Waals surface area contributed by atoms with Crippen LogP contribution in [0.5, 0.6) is 11.5 Å². The molecule has 3 N–H and O–H groups in total.